The molecule has 218 valence electrons. The first-order valence-corrected chi connectivity index (χ1v) is 18.5. The smallest absolute Gasteiger partial charge is 0.183 e. The summed E-state index contributed by atoms with van der Waals surface area (Å²) in [6, 6.07) is 0. The summed E-state index contributed by atoms with van der Waals surface area (Å²) in [7, 11) is -1.43. The molecule has 0 bridgehead atoms. The van der Waals surface area contributed by atoms with E-state index in [4.69, 9.17) is 28.1 Å². The van der Waals surface area contributed by atoms with Gasteiger partial charge in [-0.3, -0.25) is 0 Å². The van der Waals surface area contributed by atoms with Gasteiger partial charge in [0, 0.05) is 6.61 Å². The molecule has 7 heteroatoms. The predicted molar refractivity (Wildman–Crippen MR) is 154 cm³/mol. The summed E-state index contributed by atoms with van der Waals surface area (Å²) in [6.45, 7) is 15.8. The Labute approximate surface area is 225 Å². The maximum Gasteiger partial charge on any atom is 0.183 e. The first kappa shape index (κ1) is 36.0. The molecule has 0 saturated carbocycles. The van der Waals surface area contributed by atoms with Crippen LogP contribution in [0.3, 0.4) is 0 Å². The SMILES string of the molecule is CCCCCCCCCCCCCCCCOCCOCCOCCOCCOCCO[Si](C)(C)C. The van der Waals surface area contributed by atoms with Crippen molar-refractivity contribution < 1.29 is 28.1 Å². The normalized spacial score (nSPS) is 12.0. The highest BCUT2D eigenvalue weighted by atomic mass is 28.4. The molecule has 0 fully saturated rings. The van der Waals surface area contributed by atoms with E-state index in [1.165, 1.54) is 83.5 Å². The van der Waals surface area contributed by atoms with Crippen LogP contribution in [0.5, 0.6) is 0 Å². The number of hydrogen-bond acceptors (Lipinski definition) is 6. The number of hydrogen-bond donors (Lipinski definition) is 0. The van der Waals surface area contributed by atoms with Crippen LogP contribution in [0.2, 0.25) is 19.6 Å². The van der Waals surface area contributed by atoms with Crippen molar-refractivity contribution in [3.05, 3.63) is 0 Å². The molecule has 0 N–H and O–H groups in total. The fraction of sp³-hybridized carbons (Fsp3) is 1.00. The standard InChI is InChI=1S/C29H62O6Si/c1-5-6-7-8-9-10-11-12-13-14-15-16-17-18-19-30-20-21-31-22-23-32-24-25-33-26-27-34-28-29-35-36(2,3)4/h5-29H2,1-4H3. The Kier molecular flexibility index (Phi) is 29.5. The third kappa shape index (κ3) is 34.0. The summed E-state index contributed by atoms with van der Waals surface area (Å²) in [5, 5.41) is 0. The van der Waals surface area contributed by atoms with Gasteiger partial charge in [-0.2, -0.15) is 0 Å². The Hall–Kier alpha value is -0.0231. The third-order valence-corrected chi connectivity index (χ3v) is 6.96. The van der Waals surface area contributed by atoms with Gasteiger partial charge in [-0.05, 0) is 26.1 Å². The highest BCUT2D eigenvalue weighted by Crippen LogP contribution is 2.13. The van der Waals surface area contributed by atoms with Gasteiger partial charge in [0.1, 0.15) is 0 Å². The Balaban J connectivity index is 3.03. The largest absolute Gasteiger partial charge is 0.415 e. The quantitative estimate of drug-likeness (QED) is 0.0682. The van der Waals surface area contributed by atoms with Crippen LogP contribution in [-0.2, 0) is 28.1 Å². The maximum absolute atomic E-state index is 5.72. The summed E-state index contributed by atoms with van der Waals surface area (Å²) in [6.07, 6.45) is 19.4. The van der Waals surface area contributed by atoms with Crippen LogP contribution in [0.25, 0.3) is 0 Å². The third-order valence-electron chi connectivity index (χ3n) is 5.89. The minimum absolute atomic E-state index is 0.580. The van der Waals surface area contributed by atoms with E-state index >= 15 is 0 Å². The van der Waals surface area contributed by atoms with Crippen molar-refractivity contribution in [3.63, 3.8) is 0 Å². The van der Waals surface area contributed by atoms with Crippen LogP contribution >= 0.6 is 0 Å². The molecule has 0 spiro atoms. The highest BCUT2D eigenvalue weighted by Gasteiger charge is 2.13. The Bertz CT molecular complexity index is 406. The molecule has 36 heavy (non-hydrogen) atoms. The van der Waals surface area contributed by atoms with E-state index in [-0.39, 0.29) is 0 Å². The fourth-order valence-electron chi connectivity index (χ4n) is 3.79. The van der Waals surface area contributed by atoms with Gasteiger partial charge in [-0.1, -0.05) is 90.4 Å². The second kappa shape index (κ2) is 29.5. The number of rotatable bonds is 31. The maximum atomic E-state index is 5.72. The molecule has 0 aromatic heterocycles. The Morgan fingerprint density at radius 2 is 0.611 bits per heavy atom. The molecule has 0 aromatic rings. The molecule has 0 aromatic carbocycles. The first-order chi connectivity index (χ1) is 17.6. The summed E-state index contributed by atoms with van der Waals surface area (Å²) in [5.41, 5.74) is 0. The van der Waals surface area contributed by atoms with Gasteiger partial charge in [0.15, 0.2) is 8.32 Å². The van der Waals surface area contributed by atoms with E-state index in [0.717, 1.165) is 13.0 Å². The number of ether oxygens (including phenoxy) is 5. The van der Waals surface area contributed by atoms with Crippen molar-refractivity contribution in [1.82, 2.24) is 0 Å². The van der Waals surface area contributed by atoms with Crippen molar-refractivity contribution >= 4 is 8.32 Å². The van der Waals surface area contributed by atoms with Crippen molar-refractivity contribution in [2.45, 2.75) is 116 Å². The van der Waals surface area contributed by atoms with Crippen molar-refractivity contribution in [2.75, 3.05) is 72.7 Å². The van der Waals surface area contributed by atoms with Crippen LogP contribution in [0.4, 0.5) is 0 Å². The second-order valence-electron chi connectivity index (χ2n) is 10.6. The lowest BCUT2D eigenvalue weighted by Gasteiger charge is -2.16. The summed E-state index contributed by atoms with van der Waals surface area (Å²) in [4.78, 5) is 0. The lowest BCUT2D eigenvalue weighted by molar-refractivity contribution is -0.0130. The predicted octanol–water partition coefficient (Wildman–Crippen LogP) is 7.40. The monoisotopic (exact) mass is 534 g/mol. The minimum atomic E-state index is -1.43. The molecule has 0 rings (SSSR count). The molecule has 0 aliphatic heterocycles. The van der Waals surface area contributed by atoms with E-state index in [9.17, 15) is 0 Å². The highest BCUT2D eigenvalue weighted by molar-refractivity contribution is 6.69. The van der Waals surface area contributed by atoms with E-state index in [0.29, 0.717) is 66.1 Å². The van der Waals surface area contributed by atoms with Gasteiger partial charge in [0.2, 0.25) is 0 Å². The van der Waals surface area contributed by atoms with Gasteiger partial charge in [-0.15, -0.1) is 0 Å². The lowest BCUT2D eigenvalue weighted by Crippen LogP contribution is -2.27. The molecule has 0 atom stereocenters. The summed E-state index contributed by atoms with van der Waals surface area (Å²) in [5.74, 6) is 0. The van der Waals surface area contributed by atoms with E-state index < -0.39 is 8.32 Å². The van der Waals surface area contributed by atoms with Gasteiger partial charge in [0.05, 0.1) is 66.1 Å². The molecule has 6 nitrogen and oxygen atoms in total. The average molecular weight is 535 g/mol. The Morgan fingerprint density at radius 3 is 0.944 bits per heavy atom. The molecule has 0 aliphatic rings. The second-order valence-corrected chi connectivity index (χ2v) is 15.1. The minimum Gasteiger partial charge on any atom is -0.415 e. The zero-order valence-electron chi connectivity index (χ0n) is 24.6. The summed E-state index contributed by atoms with van der Waals surface area (Å²) >= 11 is 0. The molecular formula is C29H62O6Si. The van der Waals surface area contributed by atoms with Crippen LogP contribution in [0.15, 0.2) is 0 Å². The van der Waals surface area contributed by atoms with Crippen molar-refractivity contribution in [1.29, 1.82) is 0 Å². The first-order valence-electron chi connectivity index (χ1n) is 15.1. The van der Waals surface area contributed by atoms with Gasteiger partial charge >= 0.3 is 0 Å². The van der Waals surface area contributed by atoms with Crippen LogP contribution in [-0.4, -0.2) is 81.0 Å². The van der Waals surface area contributed by atoms with E-state index in [2.05, 4.69) is 26.6 Å². The molecule has 0 radical (unpaired) electrons. The van der Waals surface area contributed by atoms with Gasteiger partial charge in [0.25, 0.3) is 0 Å². The van der Waals surface area contributed by atoms with Gasteiger partial charge in [-0.25, -0.2) is 0 Å². The summed E-state index contributed by atoms with van der Waals surface area (Å²) < 4.78 is 33.4. The molecule has 0 unspecified atom stereocenters. The van der Waals surface area contributed by atoms with E-state index in [1.807, 2.05) is 0 Å². The fourth-order valence-corrected chi connectivity index (χ4v) is 4.48. The zero-order valence-corrected chi connectivity index (χ0v) is 25.6. The molecule has 0 amide bonds. The molecule has 0 heterocycles. The zero-order chi connectivity index (χ0) is 26.4. The van der Waals surface area contributed by atoms with E-state index in [1.54, 1.807) is 0 Å². The number of unbranched alkanes of at least 4 members (excludes halogenated alkanes) is 13. The Morgan fingerprint density at radius 1 is 0.333 bits per heavy atom. The van der Waals surface area contributed by atoms with Crippen LogP contribution in [0.1, 0.15) is 96.8 Å². The van der Waals surface area contributed by atoms with Crippen LogP contribution in [0, 0.1) is 0 Å². The molecule has 0 saturated heterocycles. The van der Waals surface area contributed by atoms with Crippen molar-refractivity contribution in [2.24, 2.45) is 0 Å². The van der Waals surface area contributed by atoms with Crippen molar-refractivity contribution in [3.8, 4) is 0 Å². The topological polar surface area (TPSA) is 55.4 Å². The molecular weight excluding hydrogens is 472 g/mol. The molecule has 0 aliphatic carbocycles. The van der Waals surface area contributed by atoms with Gasteiger partial charge < -0.3 is 28.1 Å². The average Bonchev–Trinajstić information content (AvgIpc) is 2.84. The lowest BCUT2D eigenvalue weighted by atomic mass is 10.0. The van der Waals surface area contributed by atoms with Crippen LogP contribution < -0.4 is 0 Å².